The van der Waals surface area contributed by atoms with Gasteiger partial charge in [0.05, 0.1) is 0 Å². The molecule has 114 valence electrons. The van der Waals surface area contributed by atoms with Crippen LogP contribution in [-0.4, -0.2) is 35.4 Å². The lowest BCUT2D eigenvalue weighted by molar-refractivity contribution is -0.130. The third kappa shape index (κ3) is 6.07. The highest BCUT2D eigenvalue weighted by Crippen LogP contribution is 2.12. The zero-order valence-corrected chi connectivity index (χ0v) is 13.4. The summed E-state index contributed by atoms with van der Waals surface area (Å²) in [6.07, 6.45) is 7.57. The Balaban J connectivity index is 0.00000180. The lowest BCUT2D eigenvalue weighted by atomic mass is 10.1. The van der Waals surface area contributed by atoms with Crippen molar-refractivity contribution in [3.8, 4) is 0 Å². The minimum atomic E-state index is 0. The predicted octanol–water partition coefficient (Wildman–Crippen LogP) is 2.42. The van der Waals surface area contributed by atoms with Gasteiger partial charge >= 0.3 is 0 Å². The number of halogens is 2. The monoisotopic (exact) mass is 319 g/mol. The van der Waals surface area contributed by atoms with Crippen LogP contribution >= 0.6 is 24.8 Å². The topological polar surface area (TPSA) is 45.2 Å². The average Bonchev–Trinajstić information content (AvgIpc) is 2.90. The average molecular weight is 320 g/mol. The highest BCUT2D eigenvalue weighted by Gasteiger charge is 2.16. The van der Waals surface area contributed by atoms with Gasteiger partial charge in [0.2, 0.25) is 5.91 Å². The summed E-state index contributed by atoms with van der Waals surface area (Å²) >= 11 is 0. The van der Waals surface area contributed by atoms with E-state index in [1.807, 2.05) is 19.2 Å². The Labute approximate surface area is 133 Å². The van der Waals surface area contributed by atoms with Crippen LogP contribution in [0.15, 0.2) is 24.5 Å². The fourth-order valence-corrected chi connectivity index (χ4v) is 2.34. The van der Waals surface area contributed by atoms with Gasteiger partial charge in [-0.05, 0) is 43.5 Å². The molecule has 0 aromatic carbocycles. The van der Waals surface area contributed by atoms with Gasteiger partial charge in [-0.2, -0.15) is 0 Å². The summed E-state index contributed by atoms with van der Waals surface area (Å²) in [5, 5.41) is 3.42. The second kappa shape index (κ2) is 9.97. The van der Waals surface area contributed by atoms with Crippen LogP contribution in [0.25, 0.3) is 0 Å². The molecule has 1 unspecified atom stereocenters. The van der Waals surface area contributed by atoms with Crippen LogP contribution in [0.4, 0.5) is 0 Å². The molecule has 0 aliphatic carbocycles. The van der Waals surface area contributed by atoms with Crippen LogP contribution in [0.3, 0.4) is 0 Å². The zero-order valence-electron chi connectivity index (χ0n) is 11.7. The van der Waals surface area contributed by atoms with E-state index in [0.717, 1.165) is 18.5 Å². The Morgan fingerprint density at radius 3 is 2.70 bits per heavy atom. The van der Waals surface area contributed by atoms with Crippen LogP contribution in [0.2, 0.25) is 0 Å². The van der Waals surface area contributed by atoms with E-state index in [0.29, 0.717) is 19.0 Å². The first kappa shape index (κ1) is 19.2. The number of amides is 1. The van der Waals surface area contributed by atoms with Crippen molar-refractivity contribution in [2.45, 2.75) is 38.3 Å². The van der Waals surface area contributed by atoms with Gasteiger partial charge in [-0.25, -0.2) is 0 Å². The van der Waals surface area contributed by atoms with Crippen molar-refractivity contribution < 1.29 is 4.79 Å². The number of hydrogen-bond donors (Lipinski definition) is 1. The van der Waals surface area contributed by atoms with Crippen molar-refractivity contribution >= 4 is 30.7 Å². The summed E-state index contributed by atoms with van der Waals surface area (Å²) in [5.41, 5.74) is 1.12. The molecule has 20 heavy (non-hydrogen) atoms. The van der Waals surface area contributed by atoms with Crippen molar-refractivity contribution in [1.82, 2.24) is 15.2 Å². The van der Waals surface area contributed by atoms with Crippen molar-refractivity contribution in [3.63, 3.8) is 0 Å². The van der Waals surface area contributed by atoms with Gasteiger partial charge in [0.15, 0.2) is 0 Å². The normalized spacial score (nSPS) is 16.9. The minimum absolute atomic E-state index is 0. The summed E-state index contributed by atoms with van der Waals surface area (Å²) in [7, 11) is 1.87. The van der Waals surface area contributed by atoms with Gasteiger partial charge in [0.1, 0.15) is 0 Å². The van der Waals surface area contributed by atoms with E-state index in [1.54, 1.807) is 17.3 Å². The van der Waals surface area contributed by atoms with E-state index in [9.17, 15) is 4.79 Å². The zero-order chi connectivity index (χ0) is 12.8. The maximum atomic E-state index is 12.0. The van der Waals surface area contributed by atoms with Crippen molar-refractivity contribution in [2.24, 2.45) is 0 Å². The van der Waals surface area contributed by atoms with E-state index in [1.165, 1.54) is 12.8 Å². The highest BCUT2D eigenvalue weighted by molar-refractivity contribution is 5.85. The summed E-state index contributed by atoms with van der Waals surface area (Å²) in [5.74, 6) is 0.223. The number of pyridine rings is 1. The molecule has 1 fully saturated rings. The van der Waals surface area contributed by atoms with E-state index in [2.05, 4.69) is 10.3 Å². The Hall–Kier alpha value is -0.840. The van der Waals surface area contributed by atoms with Crippen LogP contribution < -0.4 is 5.32 Å². The number of nitrogens with one attached hydrogen (secondary N) is 1. The summed E-state index contributed by atoms with van der Waals surface area (Å²) in [6, 6.07) is 4.44. The molecular weight excluding hydrogens is 297 g/mol. The molecule has 1 aromatic rings. The largest absolute Gasteiger partial charge is 0.341 e. The number of aromatic nitrogens is 1. The Kier molecular flexibility index (Phi) is 9.55. The van der Waals surface area contributed by atoms with Crippen LogP contribution in [0.1, 0.15) is 31.2 Å². The number of hydrogen-bond acceptors (Lipinski definition) is 3. The third-order valence-corrected chi connectivity index (χ3v) is 3.46. The molecule has 0 bridgehead atoms. The summed E-state index contributed by atoms with van der Waals surface area (Å²) < 4.78 is 0. The first-order chi connectivity index (χ1) is 8.75. The first-order valence-electron chi connectivity index (χ1n) is 6.62. The fraction of sp³-hybridized carbons (Fsp3) is 0.571. The maximum absolute atomic E-state index is 12.0. The van der Waals surface area contributed by atoms with Crippen LogP contribution in [0, 0.1) is 0 Å². The maximum Gasteiger partial charge on any atom is 0.222 e. The van der Waals surface area contributed by atoms with Gasteiger partial charge in [-0.15, -0.1) is 24.8 Å². The number of carbonyl (C=O) groups excluding carboxylic acids is 1. The highest BCUT2D eigenvalue weighted by atomic mass is 35.5. The molecule has 0 saturated carbocycles. The van der Waals surface area contributed by atoms with E-state index in [4.69, 9.17) is 0 Å². The molecule has 1 aromatic heterocycles. The second-order valence-electron chi connectivity index (χ2n) is 4.94. The molecule has 0 spiro atoms. The quantitative estimate of drug-likeness (QED) is 0.906. The van der Waals surface area contributed by atoms with Crippen LogP contribution in [-0.2, 0) is 11.3 Å². The Morgan fingerprint density at radius 1 is 1.40 bits per heavy atom. The molecule has 1 aliphatic rings. The molecule has 6 heteroatoms. The number of nitrogens with zero attached hydrogens (tertiary/aromatic N) is 2. The van der Waals surface area contributed by atoms with Crippen molar-refractivity contribution in [3.05, 3.63) is 30.1 Å². The molecular formula is C14H23Cl2N3O. The minimum Gasteiger partial charge on any atom is -0.341 e. The fourth-order valence-electron chi connectivity index (χ4n) is 2.34. The molecule has 2 heterocycles. The van der Waals surface area contributed by atoms with Gasteiger partial charge in [-0.1, -0.05) is 0 Å². The van der Waals surface area contributed by atoms with Gasteiger partial charge in [0, 0.05) is 38.4 Å². The SMILES string of the molecule is CN(Cc1ccncc1)C(=O)CCC1CCCN1.Cl.Cl. The third-order valence-electron chi connectivity index (χ3n) is 3.46. The lowest BCUT2D eigenvalue weighted by Gasteiger charge is -2.18. The predicted molar refractivity (Wildman–Crippen MR) is 85.5 cm³/mol. The van der Waals surface area contributed by atoms with E-state index < -0.39 is 0 Å². The number of rotatable bonds is 5. The summed E-state index contributed by atoms with van der Waals surface area (Å²) in [6.45, 7) is 1.77. The molecule has 1 atom stereocenters. The molecule has 0 radical (unpaired) electrons. The number of carbonyl (C=O) groups is 1. The first-order valence-corrected chi connectivity index (χ1v) is 6.62. The van der Waals surface area contributed by atoms with E-state index in [-0.39, 0.29) is 30.7 Å². The van der Waals surface area contributed by atoms with Gasteiger partial charge in [0.25, 0.3) is 0 Å². The molecule has 4 nitrogen and oxygen atoms in total. The van der Waals surface area contributed by atoms with Crippen molar-refractivity contribution in [1.29, 1.82) is 0 Å². The molecule has 1 amide bonds. The standard InChI is InChI=1S/C14H21N3O.2ClH/c1-17(11-12-6-9-15-10-7-12)14(18)5-4-13-3-2-8-16-13;;/h6-7,9-10,13,16H,2-5,8,11H2,1H3;2*1H. The van der Waals surface area contributed by atoms with Crippen molar-refractivity contribution in [2.75, 3.05) is 13.6 Å². The molecule has 1 aliphatic heterocycles. The van der Waals surface area contributed by atoms with Gasteiger partial charge in [-0.3, -0.25) is 9.78 Å². The Bertz CT molecular complexity index is 383. The lowest BCUT2D eigenvalue weighted by Crippen LogP contribution is -2.29. The smallest absolute Gasteiger partial charge is 0.222 e. The van der Waals surface area contributed by atoms with E-state index >= 15 is 0 Å². The molecule has 2 rings (SSSR count). The second-order valence-corrected chi connectivity index (χ2v) is 4.94. The van der Waals surface area contributed by atoms with Gasteiger partial charge < -0.3 is 10.2 Å². The molecule has 1 saturated heterocycles. The Morgan fingerprint density at radius 2 is 2.10 bits per heavy atom. The van der Waals surface area contributed by atoms with Crippen LogP contribution in [0.5, 0.6) is 0 Å². The summed E-state index contributed by atoms with van der Waals surface area (Å²) in [4.78, 5) is 17.8. The molecule has 1 N–H and O–H groups in total.